The first-order valence-corrected chi connectivity index (χ1v) is 4.02. The third-order valence-electron chi connectivity index (χ3n) is 1.34. The predicted molar refractivity (Wildman–Crippen MR) is 63.3 cm³/mol. The van der Waals surface area contributed by atoms with Crippen LogP contribution in [0.2, 0.25) is 5.15 Å². The maximum atomic E-state index is 11.3. The topological polar surface area (TPSA) is 159 Å². The van der Waals surface area contributed by atoms with Gasteiger partial charge in [0.05, 0.1) is 0 Å². The highest BCUT2D eigenvalue weighted by atomic mass is 35.5. The number of carbonyl (C=O) groups excluding carboxylic acids is 1. The van der Waals surface area contributed by atoms with E-state index in [9.17, 15) is 4.79 Å². The SMILES string of the molecule is Cl.Nc1nc(N)c(C(=O)[15N]=C([15NH2])[15NH2])nc1Cl. The van der Waals surface area contributed by atoms with Crippen LogP contribution in [0.25, 0.3) is 0 Å². The Hall–Kier alpha value is -1.80. The molecule has 1 amide bonds. The number of carbonyl (C=O) groups is 1. The summed E-state index contributed by atoms with van der Waals surface area (Å²) in [4.78, 5) is 21.7. The van der Waals surface area contributed by atoms with Gasteiger partial charge in [0.2, 0.25) is 0 Å². The lowest BCUT2D eigenvalue weighted by Crippen LogP contribution is -2.24. The molecule has 16 heavy (non-hydrogen) atoms. The fraction of sp³-hybridized carbons (Fsp3) is 0. The molecule has 0 aliphatic carbocycles. The minimum atomic E-state index is -0.832. The molecule has 8 N–H and O–H groups in total. The average molecular weight is 269 g/mol. The van der Waals surface area contributed by atoms with Crippen LogP contribution in [-0.2, 0) is 0 Å². The number of aliphatic imine (C=N–C) groups is 1. The minimum absolute atomic E-state index is 0. The van der Waals surface area contributed by atoms with Gasteiger partial charge in [-0.1, -0.05) is 11.6 Å². The summed E-state index contributed by atoms with van der Waals surface area (Å²) in [6, 6.07) is 0. The van der Waals surface area contributed by atoms with Crippen LogP contribution in [0, 0.1) is 0 Å². The number of nitrogen functional groups attached to an aromatic ring is 2. The van der Waals surface area contributed by atoms with Gasteiger partial charge >= 0.3 is 5.91 Å². The Morgan fingerprint density at radius 3 is 2.25 bits per heavy atom. The van der Waals surface area contributed by atoms with Crippen molar-refractivity contribution in [3.63, 3.8) is 0 Å². The van der Waals surface area contributed by atoms with E-state index in [1.807, 2.05) is 0 Å². The molecule has 1 heterocycles. The molecule has 0 spiro atoms. The van der Waals surface area contributed by atoms with E-state index >= 15 is 0 Å². The molecule has 1 rings (SSSR count). The number of amides is 1. The fourth-order valence-corrected chi connectivity index (χ4v) is 0.896. The third kappa shape index (κ3) is 3.11. The van der Waals surface area contributed by atoms with E-state index in [0.717, 1.165) is 0 Å². The van der Waals surface area contributed by atoms with Crippen molar-refractivity contribution in [2.75, 3.05) is 11.5 Å². The van der Waals surface area contributed by atoms with Gasteiger partial charge in [0, 0.05) is 0 Å². The van der Waals surface area contributed by atoms with E-state index in [-0.39, 0.29) is 34.9 Å². The van der Waals surface area contributed by atoms with E-state index in [2.05, 4.69) is 15.0 Å². The number of hydrogen-bond acceptors (Lipinski definition) is 5. The first-order chi connectivity index (χ1) is 6.91. The first kappa shape index (κ1) is 14.2. The minimum Gasteiger partial charge on any atom is -0.382 e. The van der Waals surface area contributed by atoms with Gasteiger partial charge in [-0.15, -0.1) is 12.4 Å². The lowest BCUT2D eigenvalue weighted by Gasteiger charge is -2.02. The van der Waals surface area contributed by atoms with E-state index in [0.29, 0.717) is 0 Å². The van der Waals surface area contributed by atoms with E-state index in [1.54, 1.807) is 0 Å². The van der Waals surface area contributed by atoms with Crippen LogP contribution in [-0.4, -0.2) is 21.8 Å². The summed E-state index contributed by atoms with van der Waals surface area (Å²) < 4.78 is 0. The van der Waals surface area contributed by atoms with Gasteiger partial charge in [0.25, 0.3) is 0 Å². The summed E-state index contributed by atoms with van der Waals surface area (Å²) in [5, 5.41) is -0.140. The fourth-order valence-electron chi connectivity index (χ4n) is 0.769. The van der Waals surface area contributed by atoms with E-state index < -0.39 is 11.9 Å². The van der Waals surface area contributed by atoms with Crippen LogP contribution in [0.15, 0.2) is 4.99 Å². The number of nitrogens with zero attached hydrogens (tertiary/aromatic N) is 3. The maximum absolute atomic E-state index is 11.3. The number of halogens is 2. The Bertz CT molecular complexity index is 443. The van der Waals surface area contributed by atoms with Gasteiger partial charge in [-0.2, -0.15) is 4.99 Å². The van der Waals surface area contributed by atoms with Gasteiger partial charge in [0.15, 0.2) is 28.4 Å². The van der Waals surface area contributed by atoms with Crippen molar-refractivity contribution in [3.8, 4) is 0 Å². The Balaban J connectivity index is 0.00000225. The van der Waals surface area contributed by atoms with Crippen molar-refractivity contribution >= 4 is 47.5 Å². The summed E-state index contributed by atoms with van der Waals surface area (Å²) in [7, 11) is 0. The van der Waals surface area contributed by atoms with Gasteiger partial charge in [0.1, 0.15) is 0 Å². The molecule has 0 saturated carbocycles. The molecule has 8 nitrogen and oxygen atoms in total. The molecule has 0 saturated heterocycles. The second kappa shape index (κ2) is 5.33. The van der Waals surface area contributed by atoms with Crippen molar-refractivity contribution in [1.29, 1.82) is 0 Å². The predicted octanol–water partition coefficient (Wildman–Crippen LogP) is -0.870. The van der Waals surface area contributed by atoms with Crippen molar-refractivity contribution in [2.45, 2.75) is 0 Å². The molecule has 1 aromatic heterocycles. The molecule has 0 bridgehead atoms. The van der Waals surface area contributed by atoms with Crippen LogP contribution < -0.4 is 22.9 Å². The molecule has 88 valence electrons. The van der Waals surface area contributed by atoms with Gasteiger partial charge < -0.3 is 22.9 Å². The summed E-state index contributed by atoms with van der Waals surface area (Å²) in [6.45, 7) is 0. The zero-order valence-electron chi connectivity index (χ0n) is 7.85. The third-order valence-corrected chi connectivity index (χ3v) is 1.62. The van der Waals surface area contributed by atoms with E-state index in [4.69, 9.17) is 34.5 Å². The molecule has 10 heteroatoms. The monoisotopic (exact) mass is 268 g/mol. The second-order valence-corrected chi connectivity index (χ2v) is 2.83. The molecule has 0 atom stereocenters. The normalized spacial score (nSPS) is 9.06. The number of aromatic nitrogens is 2. The van der Waals surface area contributed by atoms with Gasteiger partial charge in [-0.25, -0.2) is 9.97 Å². The van der Waals surface area contributed by atoms with Gasteiger partial charge in [-0.3, -0.25) is 4.79 Å². The molecule has 0 fully saturated rings. The van der Waals surface area contributed by atoms with Crippen molar-refractivity contribution < 1.29 is 4.79 Å². The van der Waals surface area contributed by atoms with Crippen LogP contribution in [0.5, 0.6) is 0 Å². The molecular weight excluding hydrogens is 260 g/mol. The lowest BCUT2D eigenvalue weighted by atomic mass is 10.4. The molecular formula is C6H9Cl2N7O. The summed E-state index contributed by atoms with van der Waals surface area (Å²) in [5.41, 5.74) is 20.5. The quantitative estimate of drug-likeness (QED) is 0.293. The van der Waals surface area contributed by atoms with Crippen molar-refractivity contribution in [1.82, 2.24) is 9.97 Å². The largest absolute Gasteiger partial charge is 0.382 e. The molecule has 0 unspecified atom stereocenters. The number of hydrogen-bond donors (Lipinski definition) is 4. The second-order valence-electron chi connectivity index (χ2n) is 2.48. The van der Waals surface area contributed by atoms with Crippen molar-refractivity contribution in [2.24, 2.45) is 16.5 Å². The Kier molecular flexibility index (Phi) is 4.73. The number of nitrogens with two attached hydrogens (primary N) is 4. The smallest absolute Gasteiger partial charge is 0.302 e. The number of guanidine groups is 1. The summed E-state index contributed by atoms with van der Waals surface area (Å²) in [5.74, 6) is -1.50. The zero-order chi connectivity index (χ0) is 11.6. The van der Waals surface area contributed by atoms with Crippen LogP contribution in [0.4, 0.5) is 11.6 Å². The zero-order valence-corrected chi connectivity index (χ0v) is 9.42. The average Bonchev–Trinajstić information content (AvgIpc) is 2.09. The van der Waals surface area contributed by atoms with Crippen LogP contribution in [0.3, 0.4) is 0 Å². The van der Waals surface area contributed by atoms with Crippen LogP contribution >= 0.6 is 24.0 Å². The highest BCUT2D eigenvalue weighted by Gasteiger charge is 2.15. The Labute approximate surface area is 101 Å². The molecule has 0 aliphatic rings. The first-order valence-electron chi connectivity index (χ1n) is 3.64. The standard InChI is InChI=1S/C6H8ClN7O.ClH/c7-2-4(9)13-3(8)1(12-2)5(15)14-6(10)11;/h(H4,8,9,13)(H4,10,11,14,15);1H/i10+1,11+1,14+1;. The Morgan fingerprint density at radius 2 is 1.75 bits per heavy atom. The van der Waals surface area contributed by atoms with Gasteiger partial charge in [-0.05, 0) is 0 Å². The Morgan fingerprint density at radius 1 is 1.19 bits per heavy atom. The summed E-state index contributed by atoms with van der Waals surface area (Å²) >= 11 is 5.55. The van der Waals surface area contributed by atoms with Crippen molar-refractivity contribution in [3.05, 3.63) is 10.8 Å². The molecule has 0 radical (unpaired) electrons. The van der Waals surface area contributed by atoms with Crippen LogP contribution in [0.1, 0.15) is 10.5 Å². The number of anilines is 2. The van der Waals surface area contributed by atoms with E-state index in [1.165, 1.54) is 0 Å². The lowest BCUT2D eigenvalue weighted by molar-refractivity contribution is 0.0998. The maximum Gasteiger partial charge on any atom is 0.302 e. The summed E-state index contributed by atoms with van der Waals surface area (Å²) in [6.07, 6.45) is 0. The number of rotatable bonds is 1. The highest BCUT2D eigenvalue weighted by molar-refractivity contribution is 6.31. The molecule has 1 aromatic rings. The highest BCUT2D eigenvalue weighted by Crippen LogP contribution is 2.17. The molecule has 0 aliphatic heterocycles. The molecule has 0 aromatic carbocycles.